The van der Waals surface area contributed by atoms with Gasteiger partial charge in [-0.25, -0.2) is 0 Å². The van der Waals surface area contributed by atoms with Crippen LogP contribution in [0.1, 0.15) is 57.8 Å². The third-order valence-electron chi connectivity index (χ3n) is 11.1. The molecule has 0 amide bonds. The third-order valence-corrected chi connectivity index (χ3v) is 11.1. The van der Waals surface area contributed by atoms with E-state index in [0.717, 1.165) is 0 Å². The van der Waals surface area contributed by atoms with E-state index in [1.54, 1.807) is 19.1 Å². The molecular formula is C26H30O9. The molecule has 2 N–H and O–H groups in total. The fourth-order valence-electron chi connectivity index (χ4n) is 9.95. The van der Waals surface area contributed by atoms with Gasteiger partial charge in [-0.2, -0.15) is 0 Å². The molecule has 4 aliphatic carbocycles. The lowest BCUT2D eigenvalue weighted by atomic mass is 9.47. The molecule has 11 unspecified atom stereocenters. The number of rotatable bonds is 3. The Morgan fingerprint density at radius 3 is 2.71 bits per heavy atom. The van der Waals surface area contributed by atoms with Crippen molar-refractivity contribution in [2.45, 2.75) is 75.0 Å². The maximum Gasteiger partial charge on any atom is 0.309 e. The molecule has 7 rings (SSSR count). The maximum atomic E-state index is 14.0. The van der Waals surface area contributed by atoms with Crippen molar-refractivity contribution in [3.63, 3.8) is 0 Å². The summed E-state index contributed by atoms with van der Waals surface area (Å²) in [6.45, 7) is 3.73. The van der Waals surface area contributed by atoms with E-state index in [9.17, 15) is 24.6 Å². The Morgan fingerprint density at radius 1 is 1.26 bits per heavy atom. The van der Waals surface area contributed by atoms with Crippen LogP contribution in [0.3, 0.4) is 0 Å². The summed E-state index contributed by atoms with van der Waals surface area (Å²) >= 11 is 0. The number of esters is 2. The zero-order valence-electron chi connectivity index (χ0n) is 20.0. The maximum absolute atomic E-state index is 14.0. The number of ketones is 1. The van der Waals surface area contributed by atoms with E-state index in [4.69, 9.17) is 18.6 Å². The average Bonchev–Trinajstić information content (AvgIpc) is 3.50. The molecule has 1 spiro atoms. The summed E-state index contributed by atoms with van der Waals surface area (Å²) in [7, 11) is 1.31. The van der Waals surface area contributed by atoms with Gasteiger partial charge in [0, 0.05) is 17.3 Å². The van der Waals surface area contributed by atoms with Crippen molar-refractivity contribution in [2.24, 2.45) is 34.5 Å². The standard InChI is InChI=1S/C26H30O9/c1-22-11-24(30)17(13(22)9-15(27)32-3)12-6-7-23(2)21(14-5-4-8-33-14)34-16(28)10-25(23)26(12,31)19(24)18(35-25)20(22)29/h4-5,8,12-13,17-19,21,30-31H,6-7,9-11H2,1-3H3. The lowest BCUT2D eigenvalue weighted by Gasteiger charge is -2.62. The fourth-order valence-corrected chi connectivity index (χ4v) is 9.95. The van der Waals surface area contributed by atoms with Crippen LogP contribution in [0.25, 0.3) is 0 Å². The van der Waals surface area contributed by atoms with E-state index in [0.29, 0.717) is 18.6 Å². The molecule has 2 bridgehead atoms. The second-order valence-corrected chi connectivity index (χ2v) is 12.2. The van der Waals surface area contributed by atoms with Crippen molar-refractivity contribution in [3.05, 3.63) is 24.2 Å². The fraction of sp³-hybridized carbons (Fsp3) is 0.731. The molecule has 2 saturated heterocycles. The first kappa shape index (κ1) is 22.0. The van der Waals surface area contributed by atoms with Crippen LogP contribution in [-0.4, -0.2) is 58.0 Å². The van der Waals surface area contributed by atoms with Gasteiger partial charge in [0.25, 0.3) is 0 Å². The molecule has 35 heavy (non-hydrogen) atoms. The van der Waals surface area contributed by atoms with Crippen molar-refractivity contribution in [2.75, 3.05) is 7.11 Å². The second-order valence-electron chi connectivity index (χ2n) is 12.2. The van der Waals surface area contributed by atoms with Gasteiger partial charge in [0.2, 0.25) is 0 Å². The smallest absolute Gasteiger partial charge is 0.309 e. The van der Waals surface area contributed by atoms with Crippen LogP contribution >= 0.6 is 0 Å². The van der Waals surface area contributed by atoms with Gasteiger partial charge in [-0.1, -0.05) is 13.8 Å². The van der Waals surface area contributed by atoms with Crippen molar-refractivity contribution >= 4 is 17.7 Å². The Labute approximate surface area is 202 Å². The number of cyclic esters (lactones) is 1. The summed E-state index contributed by atoms with van der Waals surface area (Å²) in [6.07, 6.45) is 0.630. The number of Topliss-reactive ketones (excluding diaryl/α,β-unsaturated/α-hetero) is 1. The van der Waals surface area contributed by atoms with Crippen molar-refractivity contribution in [3.8, 4) is 0 Å². The molecule has 0 radical (unpaired) electrons. The van der Waals surface area contributed by atoms with Crippen LogP contribution in [0, 0.1) is 34.5 Å². The molecule has 1 aromatic rings. The summed E-state index contributed by atoms with van der Waals surface area (Å²) < 4.78 is 23.1. The van der Waals surface area contributed by atoms with Gasteiger partial charge in [0.1, 0.15) is 23.1 Å². The Morgan fingerprint density at radius 2 is 2.03 bits per heavy atom. The van der Waals surface area contributed by atoms with Crippen LogP contribution in [0.4, 0.5) is 0 Å². The molecule has 2 aliphatic heterocycles. The molecule has 188 valence electrons. The minimum absolute atomic E-state index is 0.0148. The van der Waals surface area contributed by atoms with Gasteiger partial charge in [-0.05, 0) is 49.1 Å². The predicted octanol–water partition coefficient (Wildman–Crippen LogP) is 1.70. The third kappa shape index (κ3) is 2.06. The van der Waals surface area contributed by atoms with Gasteiger partial charge in [0.05, 0.1) is 31.3 Å². The van der Waals surface area contributed by atoms with Crippen LogP contribution < -0.4 is 0 Å². The van der Waals surface area contributed by atoms with Gasteiger partial charge in [0.15, 0.2) is 11.9 Å². The van der Waals surface area contributed by atoms with Gasteiger partial charge >= 0.3 is 11.9 Å². The molecule has 6 aliphatic rings. The zero-order chi connectivity index (χ0) is 24.8. The summed E-state index contributed by atoms with van der Waals surface area (Å²) in [6, 6.07) is 3.45. The van der Waals surface area contributed by atoms with Crippen LogP contribution in [0.5, 0.6) is 0 Å². The van der Waals surface area contributed by atoms with Gasteiger partial charge < -0.3 is 28.8 Å². The molecule has 4 saturated carbocycles. The van der Waals surface area contributed by atoms with Gasteiger partial charge in [-0.15, -0.1) is 0 Å². The number of carbonyl (C=O) groups excluding carboxylic acids is 3. The minimum atomic E-state index is -1.64. The summed E-state index contributed by atoms with van der Waals surface area (Å²) in [5, 5.41) is 25.0. The van der Waals surface area contributed by atoms with Crippen LogP contribution in [0.2, 0.25) is 0 Å². The molecule has 9 heteroatoms. The summed E-state index contributed by atoms with van der Waals surface area (Å²) in [5.41, 5.74) is -6.34. The number of carbonyl (C=O) groups is 3. The number of hydrogen-bond donors (Lipinski definition) is 2. The Bertz CT molecular complexity index is 1160. The van der Waals surface area contributed by atoms with E-state index in [1.165, 1.54) is 13.4 Å². The highest BCUT2D eigenvalue weighted by Crippen LogP contribution is 2.81. The minimum Gasteiger partial charge on any atom is -0.469 e. The average molecular weight is 487 g/mol. The number of methoxy groups -OCH3 is 1. The van der Waals surface area contributed by atoms with E-state index < -0.39 is 75.5 Å². The molecule has 6 fully saturated rings. The second kappa shape index (κ2) is 6.18. The number of ether oxygens (including phenoxy) is 3. The number of hydrogen-bond acceptors (Lipinski definition) is 9. The number of aliphatic hydroxyl groups is 2. The van der Waals surface area contributed by atoms with E-state index >= 15 is 0 Å². The summed E-state index contributed by atoms with van der Waals surface area (Å²) in [4.78, 5) is 39.5. The predicted molar refractivity (Wildman–Crippen MR) is 115 cm³/mol. The van der Waals surface area contributed by atoms with E-state index in [2.05, 4.69) is 0 Å². The Kier molecular flexibility index (Phi) is 3.88. The lowest BCUT2D eigenvalue weighted by Crippen LogP contribution is -2.72. The first-order chi connectivity index (χ1) is 16.5. The monoisotopic (exact) mass is 486 g/mol. The molecular weight excluding hydrogens is 456 g/mol. The zero-order valence-corrected chi connectivity index (χ0v) is 20.0. The number of fused-ring (bicyclic) bond motifs is 2. The topological polar surface area (TPSA) is 133 Å². The van der Waals surface area contributed by atoms with E-state index in [1.807, 2.05) is 6.92 Å². The lowest BCUT2D eigenvalue weighted by molar-refractivity contribution is -0.292. The number of furan rings is 1. The van der Waals surface area contributed by atoms with E-state index in [-0.39, 0.29) is 25.0 Å². The van der Waals surface area contributed by atoms with Crippen LogP contribution in [0.15, 0.2) is 22.8 Å². The molecule has 11 atom stereocenters. The molecule has 1 aromatic heterocycles. The highest BCUT2D eigenvalue weighted by molar-refractivity contribution is 5.93. The summed E-state index contributed by atoms with van der Waals surface area (Å²) in [5.74, 6) is -3.03. The normalized spacial score (nSPS) is 55.0. The van der Waals surface area contributed by atoms with Gasteiger partial charge in [-0.3, -0.25) is 14.4 Å². The SMILES string of the molecule is COC(=O)CC1C2C3CCC4(C)C(c5ccco5)OC(=O)CC45OC4C(=O)C1(C)CC2(O)C4C35O. The first-order valence-electron chi connectivity index (χ1n) is 12.4. The molecule has 3 heterocycles. The highest BCUT2D eigenvalue weighted by Gasteiger charge is 2.92. The molecule has 9 nitrogen and oxygen atoms in total. The van der Waals surface area contributed by atoms with Crippen molar-refractivity contribution < 1.29 is 43.2 Å². The molecule has 0 aromatic carbocycles. The van der Waals surface area contributed by atoms with Crippen molar-refractivity contribution in [1.29, 1.82) is 0 Å². The largest absolute Gasteiger partial charge is 0.469 e. The Hall–Kier alpha value is -2.23. The highest BCUT2D eigenvalue weighted by atomic mass is 16.6. The Balaban J connectivity index is 1.45. The first-order valence-corrected chi connectivity index (χ1v) is 12.4. The quantitative estimate of drug-likeness (QED) is 0.613. The van der Waals surface area contributed by atoms with Crippen molar-refractivity contribution in [1.82, 2.24) is 0 Å². The van der Waals surface area contributed by atoms with Crippen LogP contribution in [-0.2, 0) is 28.6 Å².